The van der Waals surface area contributed by atoms with Gasteiger partial charge in [0.1, 0.15) is 12.4 Å². The van der Waals surface area contributed by atoms with Crippen LogP contribution in [0.15, 0.2) is 150 Å². The summed E-state index contributed by atoms with van der Waals surface area (Å²) in [7, 11) is -4.03. The van der Waals surface area contributed by atoms with Gasteiger partial charge in [-0.05, 0) is 59.9 Å². The van der Waals surface area contributed by atoms with Gasteiger partial charge in [0.25, 0.3) is 0 Å². The second-order valence-electron chi connectivity index (χ2n) is 13.3. The van der Waals surface area contributed by atoms with Crippen LogP contribution in [0.25, 0.3) is 0 Å². The van der Waals surface area contributed by atoms with Crippen molar-refractivity contribution in [3.05, 3.63) is 173 Å². The molecule has 0 saturated carbocycles. The van der Waals surface area contributed by atoms with Crippen molar-refractivity contribution in [2.45, 2.75) is 60.5 Å². The van der Waals surface area contributed by atoms with Gasteiger partial charge < -0.3 is 19.9 Å². The van der Waals surface area contributed by atoms with Crippen LogP contribution in [0.4, 0.5) is 5.69 Å². The number of anilines is 1. The van der Waals surface area contributed by atoms with Crippen LogP contribution < -0.4 is 10.0 Å². The number of carbonyl (C=O) groups is 1. The fourth-order valence-electron chi connectivity index (χ4n) is 6.58. The molecule has 1 saturated heterocycles. The highest BCUT2D eigenvalue weighted by Crippen LogP contribution is 2.48. The van der Waals surface area contributed by atoms with E-state index in [2.05, 4.69) is 37.4 Å². The van der Waals surface area contributed by atoms with E-state index in [9.17, 15) is 18.3 Å². The zero-order chi connectivity index (χ0) is 38.2. The molecule has 1 unspecified atom stereocenters. The van der Waals surface area contributed by atoms with Gasteiger partial charge in [0.05, 0.1) is 23.7 Å². The Morgan fingerprint density at radius 2 is 1.55 bits per heavy atom. The van der Waals surface area contributed by atoms with E-state index in [4.69, 9.17) is 9.47 Å². The predicted molar refractivity (Wildman–Crippen MR) is 211 cm³/mol. The topological polar surface area (TPSA) is 156 Å². The minimum Gasteiger partial charge on any atom is -0.392 e. The van der Waals surface area contributed by atoms with Crippen molar-refractivity contribution in [2.75, 3.05) is 11.1 Å². The summed E-state index contributed by atoms with van der Waals surface area (Å²) in [4.78, 5) is 18.3. The number of rotatable bonds is 14. The molecule has 2 heterocycles. The average Bonchev–Trinajstić information content (AvgIpc) is 3.74. The van der Waals surface area contributed by atoms with Crippen molar-refractivity contribution in [1.29, 1.82) is 0 Å². The molecule has 1 fully saturated rings. The number of carbonyl (C=O) groups excluding carboxylic acids is 1. The Labute approximate surface area is 324 Å². The van der Waals surface area contributed by atoms with E-state index in [1.807, 2.05) is 85.8 Å². The van der Waals surface area contributed by atoms with Gasteiger partial charge in [0, 0.05) is 22.9 Å². The number of H-pyrrole nitrogens is 1. The number of aromatic amines is 1. The number of aliphatic hydroxyl groups excluding tert-OH is 1. The highest BCUT2D eigenvalue weighted by atomic mass is 32.2. The molecular formula is C42H41N5O6S2. The van der Waals surface area contributed by atoms with Gasteiger partial charge in [-0.15, -0.1) is 0 Å². The van der Waals surface area contributed by atoms with E-state index in [1.165, 1.54) is 30.2 Å². The summed E-state index contributed by atoms with van der Waals surface area (Å²) in [6.45, 7) is 1.80. The van der Waals surface area contributed by atoms with Crippen LogP contribution in [-0.2, 0) is 37.3 Å². The summed E-state index contributed by atoms with van der Waals surface area (Å²) >= 11 is 1.50. The van der Waals surface area contributed by atoms with Crippen molar-refractivity contribution in [3.8, 4) is 0 Å². The Bertz CT molecular complexity index is 2260. The van der Waals surface area contributed by atoms with Crippen LogP contribution in [0.3, 0.4) is 0 Å². The SMILES string of the molecule is Cc1ccc(S(=O)(=O)N[C@H](Cc2ccccc2)C(=O)Nc2cccc(C3O[C@H](CSc4ncn[nH]4)[C@@H](c4ccccc4)[C@H](c4ccc(CO)cc4)O3)c2)cc1. The molecule has 55 heavy (non-hydrogen) atoms. The maximum absolute atomic E-state index is 14.0. The molecule has 0 radical (unpaired) electrons. The van der Waals surface area contributed by atoms with E-state index in [1.54, 1.807) is 30.3 Å². The highest BCUT2D eigenvalue weighted by Gasteiger charge is 2.42. The first kappa shape index (κ1) is 38.1. The first-order chi connectivity index (χ1) is 26.8. The smallest absolute Gasteiger partial charge is 0.242 e. The normalized spacial score (nSPS) is 19.1. The molecule has 5 aromatic carbocycles. The molecule has 11 nitrogen and oxygen atoms in total. The third-order valence-corrected chi connectivity index (χ3v) is 11.9. The van der Waals surface area contributed by atoms with E-state index in [0.29, 0.717) is 22.2 Å². The van der Waals surface area contributed by atoms with E-state index >= 15 is 0 Å². The fraction of sp³-hybridized carbons (Fsp3) is 0.214. The van der Waals surface area contributed by atoms with Gasteiger partial charge in [-0.2, -0.15) is 9.82 Å². The number of amides is 1. The number of aliphatic hydroxyl groups is 1. The van der Waals surface area contributed by atoms with Gasteiger partial charge in [-0.3, -0.25) is 9.89 Å². The van der Waals surface area contributed by atoms with Crippen LogP contribution in [0.1, 0.15) is 51.7 Å². The zero-order valence-electron chi connectivity index (χ0n) is 30.0. The van der Waals surface area contributed by atoms with E-state index in [0.717, 1.165) is 27.8 Å². The molecule has 13 heteroatoms. The molecule has 1 aromatic heterocycles. The van der Waals surface area contributed by atoms with Crippen molar-refractivity contribution < 1.29 is 27.8 Å². The molecule has 0 aliphatic carbocycles. The molecule has 1 aliphatic heterocycles. The standard InChI is InChI=1S/C42H41N5O6S2/c1-28-15-21-35(22-16-28)55(50,51)47-36(23-29-9-4-2-5-10-29)40(49)45-34-14-8-13-33(24-34)41-52-37(26-54-42-43-27-44-46-42)38(31-11-6-3-7-12-31)39(53-41)32-19-17-30(25-48)18-20-32/h2-22,24,27,36-39,41,47-48H,23,25-26H2,1H3,(H,45,49)(H,43,44,46)/t36-,37-,38-,39+,41?/m1/s1. The maximum atomic E-state index is 14.0. The Balaban J connectivity index is 1.18. The molecule has 5 atom stereocenters. The fourth-order valence-corrected chi connectivity index (χ4v) is 8.62. The molecule has 1 aliphatic rings. The van der Waals surface area contributed by atoms with Crippen molar-refractivity contribution in [2.24, 2.45) is 0 Å². The molecule has 4 N–H and O–H groups in total. The molecule has 0 spiro atoms. The lowest BCUT2D eigenvalue weighted by Gasteiger charge is -2.43. The van der Waals surface area contributed by atoms with Crippen LogP contribution in [-0.4, -0.2) is 52.5 Å². The Morgan fingerprint density at radius 1 is 0.836 bits per heavy atom. The quantitative estimate of drug-likeness (QED) is 0.0869. The Kier molecular flexibility index (Phi) is 12.2. The monoisotopic (exact) mass is 775 g/mol. The lowest BCUT2D eigenvalue weighted by Crippen LogP contribution is -2.45. The Hall–Kier alpha value is -5.15. The van der Waals surface area contributed by atoms with Gasteiger partial charge >= 0.3 is 0 Å². The minimum absolute atomic E-state index is 0.0722. The van der Waals surface area contributed by atoms with Gasteiger partial charge in [-0.1, -0.05) is 127 Å². The first-order valence-corrected chi connectivity index (χ1v) is 20.3. The zero-order valence-corrected chi connectivity index (χ0v) is 31.6. The van der Waals surface area contributed by atoms with Crippen molar-refractivity contribution >= 4 is 33.4 Å². The number of ether oxygens (including phenoxy) is 2. The lowest BCUT2D eigenvalue weighted by molar-refractivity contribution is -0.255. The molecule has 0 bridgehead atoms. The van der Waals surface area contributed by atoms with Crippen LogP contribution >= 0.6 is 11.8 Å². The molecule has 7 rings (SSSR count). The summed E-state index contributed by atoms with van der Waals surface area (Å²) in [5.74, 6) is -0.205. The van der Waals surface area contributed by atoms with Crippen LogP contribution in [0, 0.1) is 6.92 Å². The lowest BCUT2D eigenvalue weighted by atomic mass is 9.84. The first-order valence-electron chi connectivity index (χ1n) is 17.8. The second-order valence-corrected chi connectivity index (χ2v) is 16.0. The number of aromatic nitrogens is 3. The summed E-state index contributed by atoms with van der Waals surface area (Å²) < 4.78 is 43.2. The van der Waals surface area contributed by atoms with Crippen molar-refractivity contribution in [1.82, 2.24) is 19.9 Å². The van der Waals surface area contributed by atoms with Gasteiger partial charge in [-0.25, -0.2) is 13.4 Å². The number of aryl methyl sites for hydroxylation is 1. The summed E-state index contributed by atoms with van der Waals surface area (Å²) in [5, 5.41) is 20.3. The van der Waals surface area contributed by atoms with Crippen LogP contribution in [0.2, 0.25) is 0 Å². The van der Waals surface area contributed by atoms with Crippen molar-refractivity contribution in [3.63, 3.8) is 0 Å². The number of nitrogens with one attached hydrogen (secondary N) is 3. The van der Waals surface area contributed by atoms with Gasteiger partial charge in [0.2, 0.25) is 15.9 Å². The maximum Gasteiger partial charge on any atom is 0.242 e. The number of thioether (sulfide) groups is 1. The number of benzene rings is 5. The number of hydrogen-bond donors (Lipinski definition) is 4. The second kappa shape index (κ2) is 17.5. The summed E-state index contributed by atoms with van der Waals surface area (Å²) in [5.41, 5.74) is 5.58. The van der Waals surface area contributed by atoms with Crippen LogP contribution in [0.5, 0.6) is 0 Å². The molecule has 1 amide bonds. The summed E-state index contributed by atoms with van der Waals surface area (Å²) in [6.07, 6.45) is -0.0374. The van der Waals surface area contributed by atoms with Gasteiger partial charge in [0.15, 0.2) is 11.4 Å². The van der Waals surface area contributed by atoms with E-state index < -0.39 is 34.4 Å². The predicted octanol–water partition coefficient (Wildman–Crippen LogP) is 6.87. The third-order valence-electron chi connectivity index (χ3n) is 9.40. The number of nitrogens with zero attached hydrogens (tertiary/aromatic N) is 2. The number of sulfonamides is 1. The number of hydrogen-bond acceptors (Lipinski definition) is 9. The Morgan fingerprint density at radius 3 is 2.24 bits per heavy atom. The minimum atomic E-state index is -4.03. The molecule has 282 valence electrons. The largest absolute Gasteiger partial charge is 0.392 e. The molecular weight excluding hydrogens is 735 g/mol. The molecule has 6 aromatic rings. The highest BCUT2D eigenvalue weighted by molar-refractivity contribution is 7.99. The third kappa shape index (κ3) is 9.57. The average molecular weight is 776 g/mol. The summed E-state index contributed by atoms with van der Waals surface area (Å²) in [6, 6.07) is 39.6. The van der Waals surface area contributed by atoms with E-state index in [-0.39, 0.29) is 29.9 Å².